The number of carboxylic acid groups (broad SMARTS) is 2. The van der Waals surface area contributed by atoms with Crippen LogP contribution in [0.4, 0.5) is 0 Å². The van der Waals surface area contributed by atoms with Crippen LogP contribution in [0.1, 0.15) is 33.2 Å². The third kappa shape index (κ3) is 2.85. The Bertz CT molecular complexity index is 507. The van der Waals surface area contributed by atoms with Gasteiger partial charge in [0.1, 0.15) is 0 Å². The number of hydrogen-bond donors (Lipinski definition) is 2. The summed E-state index contributed by atoms with van der Waals surface area (Å²) in [4.78, 5) is 33.2. The molecule has 0 aliphatic carbocycles. The molecule has 0 radical (unpaired) electrons. The molecule has 5 nitrogen and oxygen atoms in total. The second-order valence-corrected chi connectivity index (χ2v) is 4.53. The van der Waals surface area contributed by atoms with Crippen LogP contribution in [0.15, 0.2) is 17.0 Å². The number of aromatic carboxylic acids is 2. The Balaban J connectivity index is 3.44. The van der Waals surface area contributed by atoms with Gasteiger partial charge in [-0.2, -0.15) is 0 Å². The molecule has 0 fully saturated rings. The number of carbonyl (C=O) groups excluding carboxylic acids is 1. The number of carboxylic acids is 2. The molecule has 0 saturated carbocycles. The van der Waals surface area contributed by atoms with E-state index in [1.54, 1.807) is 0 Å². The van der Waals surface area contributed by atoms with Gasteiger partial charge in [-0.3, -0.25) is 4.79 Å². The molecule has 6 heteroatoms. The van der Waals surface area contributed by atoms with E-state index in [4.69, 9.17) is 10.2 Å². The quantitative estimate of drug-likeness (QED) is 0.802. The molecule has 0 aliphatic rings. The maximum atomic E-state index is 11.1. The van der Waals surface area contributed by atoms with Crippen LogP contribution in [0.2, 0.25) is 0 Å². The Morgan fingerprint density at radius 1 is 1.12 bits per heavy atom. The maximum Gasteiger partial charge on any atom is 0.337 e. The number of rotatable bonds is 3. The summed E-state index contributed by atoms with van der Waals surface area (Å²) in [6.07, 6.45) is 0. The average molecular weight is 254 g/mol. The van der Waals surface area contributed by atoms with Crippen LogP contribution in [0.5, 0.6) is 0 Å². The van der Waals surface area contributed by atoms with Crippen molar-refractivity contribution in [1.29, 1.82) is 0 Å². The van der Waals surface area contributed by atoms with Crippen LogP contribution < -0.4 is 0 Å². The van der Waals surface area contributed by atoms with E-state index in [-0.39, 0.29) is 26.7 Å². The number of benzene rings is 1. The molecule has 2 N–H and O–H groups in total. The minimum Gasteiger partial charge on any atom is -0.478 e. The largest absolute Gasteiger partial charge is 0.478 e. The zero-order chi connectivity index (χ0) is 13.2. The average Bonchev–Trinajstić information content (AvgIpc) is 2.15. The van der Waals surface area contributed by atoms with E-state index in [1.807, 2.05) is 0 Å². The highest BCUT2D eigenvalue weighted by atomic mass is 32.2. The predicted octanol–water partition coefficient (Wildman–Crippen LogP) is 2.03. The lowest BCUT2D eigenvalue weighted by atomic mass is 10.0. The zero-order valence-electron chi connectivity index (χ0n) is 9.18. The van der Waals surface area contributed by atoms with Crippen molar-refractivity contribution >= 4 is 28.8 Å². The van der Waals surface area contributed by atoms with Gasteiger partial charge in [0.15, 0.2) is 5.12 Å². The van der Waals surface area contributed by atoms with Crippen LogP contribution in [0.25, 0.3) is 0 Å². The van der Waals surface area contributed by atoms with Crippen molar-refractivity contribution in [3.8, 4) is 0 Å². The topological polar surface area (TPSA) is 91.7 Å². The lowest BCUT2D eigenvalue weighted by molar-refractivity contribution is -0.109. The van der Waals surface area contributed by atoms with Crippen molar-refractivity contribution in [2.24, 2.45) is 0 Å². The van der Waals surface area contributed by atoms with Gasteiger partial charge in [0.05, 0.1) is 11.1 Å². The van der Waals surface area contributed by atoms with Crippen LogP contribution >= 0.6 is 11.8 Å². The summed E-state index contributed by atoms with van der Waals surface area (Å²) in [5, 5.41) is 17.7. The van der Waals surface area contributed by atoms with Gasteiger partial charge in [-0.05, 0) is 24.6 Å². The van der Waals surface area contributed by atoms with E-state index in [1.165, 1.54) is 26.0 Å². The summed E-state index contributed by atoms with van der Waals surface area (Å²) >= 11 is 0.775. The van der Waals surface area contributed by atoms with Crippen molar-refractivity contribution in [1.82, 2.24) is 0 Å². The fraction of sp³-hybridized carbons (Fsp3) is 0.182. The molecule has 1 aromatic rings. The van der Waals surface area contributed by atoms with Gasteiger partial charge in [-0.1, -0.05) is 11.8 Å². The summed E-state index contributed by atoms with van der Waals surface area (Å²) in [5.74, 6) is -2.43. The molecule has 0 amide bonds. The zero-order valence-corrected chi connectivity index (χ0v) is 10.00. The standard InChI is InChI=1S/C11H10O5S/c1-5-7(10(13)14)3-4-8(17-6(2)12)9(5)11(15)16/h3-4H,1-2H3,(H,13,14)(H,15,16). The lowest BCUT2D eigenvalue weighted by Gasteiger charge is -2.09. The monoisotopic (exact) mass is 254 g/mol. The molecule has 0 spiro atoms. The van der Waals surface area contributed by atoms with Crippen LogP contribution in [0.3, 0.4) is 0 Å². The Hall–Kier alpha value is -1.82. The van der Waals surface area contributed by atoms with Crippen molar-refractivity contribution in [3.63, 3.8) is 0 Å². The minimum absolute atomic E-state index is 0.0738. The van der Waals surface area contributed by atoms with Crippen molar-refractivity contribution in [2.45, 2.75) is 18.7 Å². The Morgan fingerprint density at radius 3 is 2.12 bits per heavy atom. The van der Waals surface area contributed by atoms with E-state index in [0.29, 0.717) is 0 Å². The Morgan fingerprint density at radius 2 is 1.71 bits per heavy atom. The molecule has 0 heterocycles. The summed E-state index contributed by atoms with van der Waals surface area (Å²) in [7, 11) is 0. The minimum atomic E-state index is -1.24. The van der Waals surface area contributed by atoms with Crippen LogP contribution in [-0.4, -0.2) is 27.3 Å². The van der Waals surface area contributed by atoms with Gasteiger partial charge in [0.25, 0.3) is 0 Å². The summed E-state index contributed by atoms with van der Waals surface area (Å²) in [6, 6.07) is 2.64. The van der Waals surface area contributed by atoms with Gasteiger partial charge in [-0.15, -0.1) is 0 Å². The SMILES string of the molecule is CC(=O)Sc1ccc(C(=O)O)c(C)c1C(=O)O. The van der Waals surface area contributed by atoms with Crippen molar-refractivity contribution < 1.29 is 24.6 Å². The second kappa shape index (κ2) is 5.01. The molecular formula is C11H10O5S. The molecule has 0 unspecified atom stereocenters. The molecule has 0 saturated heterocycles. The van der Waals surface area contributed by atoms with E-state index >= 15 is 0 Å². The molecule has 0 atom stereocenters. The smallest absolute Gasteiger partial charge is 0.337 e. The molecule has 90 valence electrons. The molecule has 0 aromatic heterocycles. The summed E-state index contributed by atoms with van der Waals surface area (Å²) < 4.78 is 0. The highest BCUT2D eigenvalue weighted by Crippen LogP contribution is 2.28. The van der Waals surface area contributed by atoms with E-state index < -0.39 is 11.9 Å². The molecule has 17 heavy (non-hydrogen) atoms. The van der Waals surface area contributed by atoms with E-state index in [9.17, 15) is 14.4 Å². The van der Waals surface area contributed by atoms with Gasteiger partial charge < -0.3 is 10.2 Å². The first-order valence-corrected chi connectivity index (χ1v) is 5.45. The van der Waals surface area contributed by atoms with Gasteiger partial charge in [-0.25, -0.2) is 9.59 Å². The number of hydrogen-bond acceptors (Lipinski definition) is 4. The maximum absolute atomic E-state index is 11.1. The molecule has 1 aromatic carbocycles. The highest BCUT2D eigenvalue weighted by molar-refractivity contribution is 8.13. The third-order valence-corrected chi connectivity index (χ3v) is 2.97. The number of carbonyl (C=O) groups is 3. The fourth-order valence-corrected chi connectivity index (χ4v) is 2.21. The van der Waals surface area contributed by atoms with Crippen molar-refractivity contribution in [3.05, 3.63) is 28.8 Å². The van der Waals surface area contributed by atoms with Gasteiger partial charge >= 0.3 is 11.9 Å². The normalized spacial score (nSPS) is 10.0. The first-order chi connectivity index (χ1) is 7.84. The highest BCUT2D eigenvalue weighted by Gasteiger charge is 2.20. The fourth-order valence-electron chi connectivity index (χ4n) is 1.42. The van der Waals surface area contributed by atoms with Crippen LogP contribution in [0, 0.1) is 6.92 Å². The number of thioether (sulfide) groups is 1. The predicted molar refractivity (Wildman–Crippen MR) is 61.6 cm³/mol. The molecule has 1 rings (SSSR count). The Kier molecular flexibility index (Phi) is 3.90. The molecular weight excluding hydrogens is 244 g/mol. The van der Waals surface area contributed by atoms with Crippen LogP contribution in [-0.2, 0) is 4.79 Å². The molecule has 0 aliphatic heterocycles. The Labute approximate surface area is 101 Å². The first-order valence-electron chi connectivity index (χ1n) is 4.63. The summed E-state index contributed by atoms with van der Waals surface area (Å²) in [5.41, 5.74) is -0.0587. The van der Waals surface area contributed by atoms with E-state index in [0.717, 1.165) is 11.8 Å². The summed E-state index contributed by atoms with van der Waals surface area (Å²) in [6.45, 7) is 2.73. The first kappa shape index (κ1) is 13.2. The van der Waals surface area contributed by atoms with E-state index in [2.05, 4.69) is 0 Å². The van der Waals surface area contributed by atoms with Gasteiger partial charge in [0.2, 0.25) is 0 Å². The van der Waals surface area contributed by atoms with Crippen molar-refractivity contribution in [2.75, 3.05) is 0 Å². The lowest BCUT2D eigenvalue weighted by Crippen LogP contribution is -2.09. The third-order valence-electron chi connectivity index (χ3n) is 2.12. The second-order valence-electron chi connectivity index (χ2n) is 3.32. The molecule has 0 bridgehead atoms. The van der Waals surface area contributed by atoms with Gasteiger partial charge in [0, 0.05) is 11.8 Å².